The van der Waals surface area contributed by atoms with Crippen molar-refractivity contribution in [3.63, 3.8) is 0 Å². The van der Waals surface area contributed by atoms with E-state index in [1.807, 2.05) is 26.8 Å². The maximum absolute atomic E-state index is 11.7. The summed E-state index contributed by atoms with van der Waals surface area (Å²) in [6, 6.07) is 0. The number of rotatable bonds is 5. The monoisotopic (exact) mass is 284 g/mol. The van der Waals surface area contributed by atoms with Crippen LogP contribution in [0.25, 0.3) is 0 Å². The summed E-state index contributed by atoms with van der Waals surface area (Å²) in [5, 5.41) is 3.25. The second-order valence-electron chi connectivity index (χ2n) is 4.37. The third-order valence-corrected chi connectivity index (χ3v) is 2.75. The molecule has 0 saturated carbocycles. The van der Waals surface area contributed by atoms with Crippen LogP contribution in [0, 0.1) is 0 Å². The average Bonchev–Trinajstić information content (AvgIpc) is 2.69. The van der Waals surface area contributed by atoms with E-state index in [1.165, 1.54) is 0 Å². The molecule has 106 valence electrons. The van der Waals surface area contributed by atoms with Crippen LogP contribution in [0.15, 0.2) is 24.4 Å². The lowest BCUT2D eigenvalue weighted by Crippen LogP contribution is -2.35. The Morgan fingerprint density at radius 1 is 1.74 bits per heavy atom. The van der Waals surface area contributed by atoms with Crippen molar-refractivity contribution < 1.29 is 14.3 Å². The molecule has 0 bridgehead atoms. The lowest BCUT2D eigenvalue weighted by atomic mass is 10.3. The van der Waals surface area contributed by atoms with E-state index < -0.39 is 0 Å². The smallest absolute Gasteiger partial charge is 0.414 e. The molecule has 0 aliphatic carbocycles. The summed E-state index contributed by atoms with van der Waals surface area (Å²) in [5.74, 6) is 0. The first-order chi connectivity index (χ1) is 8.97. The van der Waals surface area contributed by atoms with E-state index in [1.54, 1.807) is 11.0 Å². The van der Waals surface area contributed by atoms with E-state index >= 15 is 0 Å². The first-order valence-corrected chi connectivity index (χ1v) is 6.60. The molecule has 1 saturated heterocycles. The van der Waals surface area contributed by atoms with Crippen LogP contribution in [0.4, 0.5) is 4.79 Å². The standard InChI is InChI=1S/C13H20N2O3S/c1-5-10(6-2)15-8-11(18-13(15)16)7-14-12(19)17-9(3)4/h5-6,9,11H,1,7-8H2,2-4H3,(H,14,19). The van der Waals surface area contributed by atoms with Crippen LogP contribution >= 0.6 is 12.2 Å². The molecular formula is C13H20N2O3S. The molecule has 19 heavy (non-hydrogen) atoms. The van der Waals surface area contributed by atoms with Crippen molar-refractivity contribution in [2.45, 2.75) is 33.0 Å². The molecule has 0 spiro atoms. The second kappa shape index (κ2) is 7.13. The van der Waals surface area contributed by atoms with Crippen LogP contribution in [-0.4, -0.2) is 41.5 Å². The molecule has 0 aromatic carbocycles. The van der Waals surface area contributed by atoms with Gasteiger partial charge in [-0.15, -0.1) is 0 Å². The Bertz CT molecular complexity index is 393. The number of cyclic esters (lactones) is 1. The van der Waals surface area contributed by atoms with E-state index in [9.17, 15) is 4.79 Å². The summed E-state index contributed by atoms with van der Waals surface area (Å²) >= 11 is 5.01. The van der Waals surface area contributed by atoms with E-state index in [2.05, 4.69) is 11.9 Å². The second-order valence-corrected chi connectivity index (χ2v) is 4.74. The molecule has 1 N–H and O–H groups in total. The number of allylic oxidation sites excluding steroid dienone is 2. The fourth-order valence-electron chi connectivity index (χ4n) is 1.68. The maximum atomic E-state index is 11.7. The molecule has 1 aliphatic heterocycles. The third-order valence-electron chi connectivity index (χ3n) is 2.51. The fourth-order valence-corrected chi connectivity index (χ4v) is 1.95. The highest BCUT2D eigenvalue weighted by Crippen LogP contribution is 2.17. The van der Waals surface area contributed by atoms with Crippen molar-refractivity contribution in [3.05, 3.63) is 24.4 Å². The summed E-state index contributed by atoms with van der Waals surface area (Å²) < 4.78 is 10.5. The largest absolute Gasteiger partial charge is 0.468 e. The topological polar surface area (TPSA) is 50.8 Å². The van der Waals surface area contributed by atoms with Crippen molar-refractivity contribution in [1.82, 2.24) is 10.2 Å². The van der Waals surface area contributed by atoms with Crippen molar-refractivity contribution in [2.24, 2.45) is 0 Å². The number of thiocarbonyl (C=S) groups is 1. The van der Waals surface area contributed by atoms with Crippen LogP contribution in [0.5, 0.6) is 0 Å². The molecular weight excluding hydrogens is 264 g/mol. The SMILES string of the molecule is C=CC(=CC)N1CC(CNC(=S)OC(C)C)OC1=O. The van der Waals surface area contributed by atoms with Gasteiger partial charge in [-0.05, 0) is 39.1 Å². The minimum atomic E-state index is -0.365. The van der Waals surface area contributed by atoms with E-state index in [0.717, 1.165) is 5.70 Å². The molecule has 1 rings (SSSR count). The molecule has 1 fully saturated rings. The van der Waals surface area contributed by atoms with Crippen molar-refractivity contribution in [3.8, 4) is 0 Å². The van der Waals surface area contributed by atoms with E-state index in [0.29, 0.717) is 18.3 Å². The lowest BCUT2D eigenvalue weighted by molar-refractivity contribution is 0.134. The number of carbonyl (C=O) groups excluding carboxylic acids is 1. The summed E-state index contributed by atoms with van der Waals surface area (Å²) in [6.07, 6.45) is 2.85. The highest BCUT2D eigenvalue weighted by molar-refractivity contribution is 7.80. The summed E-state index contributed by atoms with van der Waals surface area (Å²) in [4.78, 5) is 13.2. The molecule has 0 aromatic heterocycles. The van der Waals surface area contributed by atoms with Gasteiger partial charge in [0, 0.05) is 5.70 Å². The molecule has 1 atom stereocenters. The van der Waals surface area contributed by atoms with Gasteiger partial charge in [-0.3, -0.25) is 4.90 Å². The van der Waals surface area contributed by atoms with Crippen LogP contribution in [0.2, 0.25) is 0 Å². The minimum absolute atomic E-state index is 0.0259. The Kier molecular flexibility index (Phi) is 5.82. The van der Waals surface area contributed by atoms with Crippen molar-refractivity contribution in [2.75, 3.05) is 13.1 Å². The number of ether oxygens (including phenoxy) is 2. The Hall–Kier alpha value is -1.56. The van der Waals surface area contributed by atoms with Gasteiger partial charge in [0.25, 0.3) is 5.17 Å². The van der Waals surface area contributed by atoms with Crippen LogP contribution in [0.1, 0.15) is 20.8 Å². The van der Waals surface area contributed by atoms with E-state index in [4.69, 9.17) is 21.7 Å². The van der Waals surface area contributed by atoms with Gasteiger partial charge in [-0.2, -0.15) is 0 Å². The van der Waals surface area contributed by atoms with Crippen molar-refractivity contribution >= 4 is 23.5 Å². The predicted octanol–water partition coefficient (Wildman–Crippen LogP) is 2.20. The molecule has 5 nitrogen and oxygen atoms in total. The minimum Gasteiger partial charge on any atom is -0.468 e. The first kappa shape index (κ1) is 15.5. The number of hydrogen-bond acceptors (Lipinski definition) is 4. The first-order valence-electron chi connectivity index (χ1n) is 6.19. The molecule has 0 aromatic rings. The summed E-state index contributed by atoms with van der Waals surface area (Å²) in [5.41, 5.74) is 0.744. The van der Waals surface area contributed by atoms with Crippen molar-refractivity contribution in [1.29, 1.82) is 0 Å². The highest BCUT2D eigenvalue weighted by Gasteiger charge is 2.32. The lowest BCUT2D eigenvalue weighted by Gasteiger charge is -2.15. The van der Waals surface area contributed by atoms with Crippen LogP contribution in [-0.2, 0) is 9.47 Å². The number of nitrogens with one attached hydrogen (secondary N) is 1. The predicted molar refractivity (Wildman–Crippen MR) is 77.8 cm³/mol. The van der Waals surface area contributed by atoms with Gasteiger partial charge >= 0.3 is 6.09 Å². The molecule has 6 heteroatoms. The van der Waals surface area contributed by atoms with Crippen LogP contribution in [0.3, 0.4) is 0 Å². The number of nitrogens with zero attached hydrogens (tertiary/aromatic N) is 1. The molecule has 1 amide bonds. The van der Waals surface area contributed by atoms with Gasteiger partial charge in [0.2, 0.25) is 0 Å². The van der Waals surface area contributed by atoms with Gasteiger partial charge in [0.1, 0.15) is 6.10 Å². The molecule has 1 aliphatic rings. The third kappa shape index (κ3) is 4.55. The Morgan fingerprint density at radius 3 is 2.95 bits per heavy atom. The molecule has 0 radical (unpaired) electrons. The quantitative estimate of drug-likeness (QED) is 0.619. The van der Waals surface area contributed by atoms with Gasteiger partial charge in [-0.1, -0.05) is 12.7 Å². The van der Waals surface area contributed by atoms with Gasteiger partial charge < -0.3 is 14.8 Å². The summed E-state index contributed by atoms with van der Waals surface area (Å²) in [7, 11) is 0. The fraction of sp³-hybridized carbons (Fsp3) is 0.538. The maximum Gasteiger partial charge on any atom is 0.414 e. The van der Waals surface area contributed by atoms with Gasteiger partial charge in [0.05, 0.1) is 19.2 Å². The van der Waals surface area contributed by atoms with Gasteiger partial charge in [0.15, 0.2) is 0 Å². The van der Waals surface area contributed by atoms with Gasteiger partial charge in [-0.25, -0.2) is 4.79 Å². The Balaban J connectivity index is 2.45. The number of amides is 1. The zero-order chi connectivity index (χ0) is 14.4. The zero-order valence-corrected chi connectivity index (χ0v) is 12.3. The zero-order valence-electron chi connectivity index (χ0n) is 11.5. The van der Waals surface area contributed by atoms with Crippen LogP contribution < -0.4 is 5.32 Å². The van der Waals surface area contributed by atoms with E-state index in [-0.39, 0.29) is 18.3 Å². The number of hydrogen-bond donors (Lipinski definition) is 1. The Morgan fingerprint density at radius 2 is 2.42 bits per heavy atom. The normalized spacial score (nSPS) is 19.4. The Labute approximate surface area is 119 Å². The molecule has 1 unspecified atom stereocenters. The summed E-state index contributed by atoms with van der Waals surface area (Å²) in [6.45, 7) is 10.2. The molecule has 1 heterocycles. The highest BCUT2D eigenvalue weighted by atomic mass is 32.1. The number of carbonyl (C=O) groups is 1. The average molecular weight is 284 g/mol.